The molecule has 3 nitrogen and oxygen atoms in total. The molecule has 140 valence electrons. The third-order valence-corrected chi connectivity index (χ3v) is 5.66. The molecule has 0 atom stereocenters. The van der Waals surface area contributed by atoms with Crippen LogP contribution in [0.2, 0.25) is 19.6 Å². The van der Waals surface area contributed by atoms with Crippen molar-refractivity contribution in [1.82, 2.24) is 4.90 Å². The van der Waals surface area contributed by atoms with E-state index in [0.29, 0.717) is 0 Å². The summed E-state index contributed by atoms with van der Waals surface area (Å²) in [7, 11) is -1.32. The van der Waals surface area contributed by atoms with Crippen LogP contribution in [0.4, 0.5) is 5.69 Å². The molecule has 1 aromatic carbocycles. The SMILES string of the molecule is Cc1cc(C)c(N2C=CN(CCCCCCO[Si](C)(C)C)C2)c(C)c1. The van der Waals surface area contributed by atoms with E-state index >= 15 is 0 Å². The van der Waals surface area contributed by atoms with Crippen LogP contribution in [-0.4, -0.2) is 33.0 Å². The fraction of sp³-hybridized carbons (Fsp3) is 0.619. The zero-order chi connectivity index (χ0) is 18.4. The highest BCUT2D eigenvalue weighted by Crippen LogP contribution is 2.28. The third kappa shape index (κ3) is 6.52. The van der Waals surface area contributed by atoms with E-state index in [9.17, 15) is 0 Å². The van der Waals surface area contributed by atoms with Crippen LogP contribution in [-0.2, 0) is 4.43 Å². The van der Waals surface area contributed by atoms with Gasteiger partial charge < -0.3 is 14.2 Å². The van der Waals surface area contributed by atoms with Crippen molar-refractivity contribution in [3.05, 3.63) is 41.2 Å². The molecule has 0 fully saturated rings. The molecule has 25 heavy (non-hydrogen) atoms. The van der Waals surface area contributed by atoms with Crippen LogP contribution in [0.3, 0.4) is 0 Å². The van der Waals surface area contributed by atoms with Crippen molar-refractivity contribution in [2.75, 3.05) is 24.7 Å². The Hall–Kier alpha value is -1.26. The Bertz CT molecular complexity index is 569. The molecule has 4 heteroatoms. The summed E-state index contributed by atoms with van der Waals surface area (Å²) in [6.45, 7) is 16.4. The standard InChI is InChI=1S/C21H36N2OSi/c1-18-15-19(2)21(20(3)16-18)23-13-12-22(17-23)11-9-7-8-10-14-24-25(4,5)6/h12-13,15-16H,7-11,14,17H2,1-6H3. The lowest BCUT2D eigenvalue weighted by atomic mass is 10.0. The van der Waals surface area contributed by atoms with Gasteiger partial charge in [0, 0.05) is 31.2 Å². The maximum Gasteiger partial charge on any atom is 0.183 e. The summed E-state index contributed by atoms with van der Waals surface area (Å²) in [6.07, 6.45) is 9.51. The maximum atomic E-state index is 5.91. The summed E-state index contributed by atoms with van der Waals surface area (Å²) >= 11 is 0. The third-order valence-electron chi connectivity index (χ3n) is 4.59. The number of nitrogens with zero attached hydrogens (tertiary/aromatic N) is 2. The van der Waals surface area contributed by atoms with Crippen LogP contribution >= 0.6 is 0 Å². The predicted molar refractivity (Wildman–Crippen MR) is 112 cm³/mol. The second-order valence-corrected chi connectivity index (χ2v) is 12.9. The minimum atomic E-state index is -1.32. The Morgan fingerprint density at radius 2 is 1.56 bits per heavy atom. The second kappa shape index (κ2) is 8.90. The van der Waals surface area contributed by atoms with Crippen molar-refractivity contribution in [3.8, 4) is 0 Å². The zero-order valence-electron chi connectivity index (χ0n) is 17.1. The van der Waals surface area contributed by atoms with Gasteiger partial charge in [-0.3, -0.25) is 0 Å². The number of anilines is 1. The molecule has 0 aromatic heterocycles. The van der Waals surface area contributed by atoms with Crippen LogP contribution in [0.15, 0.2) is 24.5 Å². The second-order valence-electron chi connectivity index (χ2n) is 8.34. The number of hydrogen-bond acceptors (Lipinski definition) is 3. The van der Waals surface area contributed by atoms with E-state index in [0.717, 1.165) is 19.8 Å². The summed E-state index contributed by atoms with van der Waals surface area (Å²) in [5, 5.41) is 0. The predicted octanol–water partition coefficient (Wildman–Crippen LogP) is 5.57. The van der Waals surface area contributed by atoms with Crippen molar-refractivity contribution in [1.29, 1.82) is 0 Å². The van der Waals surface area contributed by atoms with E-state index in [-0.39, 0.29) is 0 Å². The van der Waals surface area contributed by atoms with Crippen LogP contribution in [0.1, 0.15) is 42.4 Å². The molecule has 0 saturated carbocycles. The molecule has 0 saturated heterocycles. The fourth-order valence-electron chi connectivity index (χ4n) is 3.53. The summed E-state index contributed by atoms with van der Waals surface area (Å²) in [6, 6.07) is 4.56. The highest BCUT2D eigenvalue weighted by atomic mass is 28.4. The Balaban J connectivity index is 1.68. The highest BCUT2D eigenvalue weighted by molar-refractivity contribution is 6.69. The van der Waals surface area contributed by atoms with Gasteiger partial charge in [0.25, 0.3) is 0 Å². The van der Waals surface area contributed by atoms with Crippen molar-refractivity contribution in [3.63, 3.8) is 0 Å². The van der Waals surface area contributed by atoms with E-state index in [1.165, 1.54) is 48.1 Å². The normalized spacial score (nSPS) is 14.6. The van der Waals surface area contributed by atoms with Crippen molar-refractivity contribution in [2.24, 2.45) is 0 Å². The lowest BCUT2D eigenvalue weighted by Crippen LogP contribution is -2.27. The first kappa shape index (κ1) is 20.1. The highest BCUT2D eigenvalue weighted by Gasteiger charge is 2.17. The van der Waals surface area contributed by atoms with Crippen molar-refractivity contribution in [2.45, 2.75) is 66.1 Å². The molecule has 0 aliphatic carbocycles. The molecule has 1 heterocycles. The Morgan fingerprint density at radius 1 is 0.920 bits per heavy atom. The minimum absolute atomic E-state index is 0.944. The molecule has 0 radical (unpaired) electrons. The van der Waals surface area contributed by atoms with E-state index in [1.807, 2.05) is 0 Å². The molecule has 0 unspecified atom stereocenters. The van der Waals surface area contributed by atoms with E-state index in [1.54, 1.807) is 0 Å². The molecule has 1 aromatic rings. The topological polar surface area (TPSA) is 15.7 Å². The van der Waals surface area contributed by atoms with Crippen molar-refractivity contribution < 1.29 is 4.43 Å². The van der Waals surface area contributed by atoms with E-state index < -0.39 is 8.32 Å². The molecule has 0 spiro atoms. The summed E-state index contributed by atoms with van der Waals surface area (Å²) < 4.78 is 5.91. The average Bonchev–Trinajstić information content (AvgIpc) is 2.92. The number of benzene rings is 1. The molecule has 1 aliphatic rings. The van der Waals surface area contributed by atoms with Gasteiger partial charge >= 0.3 is 0 Å². The van der Waals surface area contributed by atoms with Gasteiger partial charge in [-0.05, 0) is 64.4 Å². The van der Waals surface area contributed by atoms with Gasteiger partial charge in [-0.25, -0.2) is 0 Å². The summed E-state index contributed by atoms with van der Waals surface area (Å²) in [4.78, 5) is 4.81. The lowest BCUT2D eigenvalue weighted by molar-refractivity contribution is 0.296. The molecule has 0 amide bonds. The Labute approximate surface area is 155 Å². The van der Waals surface area contributed by atoms with Crippen LogP contribution in [0, 0.1) is 20.8 Å². The number of unbranched alkanes of at least 4 members (excludes halogenated alkanes) is 3. The quantitative estimate of drug-likeness (QED) is 0.423. The Kier molecular flexibility index (Phi) is 7.14. The summed E-state index contributed by atoms with van der Waals surface area (Å²) in [5.74, 6) is 0. The van der Waals surface area contributed by atoms with Gasteiger partial charge in [0.1, 0.15) is 0 Å². The van der Waals surface area contributed by atoms with Gasteiger partial charge in [-0.2, -0.15) is 0 Å². The van der Waals surface area contributed by atoms with Gasteiger partial charge in [0.2, 0.25) is 0 Å². The van der Waals surface area contributed by atoms with Crippen LogP contribution < -0.4 is 4.90 Å². The van der Waals surface area contributed by atoms with Gasteiger partial charge in [-0.1, -0.05) is 30.5 Å². The fourth-order valence-corrected chi connectivity index (χ4v) is 4.29. The van der Waals surface area contributed by atoms with Crippen molar-refractivity contribution >= 4 is 14.0 Å². The van der Waals surface area contributed by atoms with Gasteiger partial charge in [0.05, 0.1) is 6.67 Å². The van der Waals surface area contributed by atoms with Gasteiger partial charge in [0.15, 0.2) is 8.32 Å². The first-order chi connectivity index (χ1) is 11.8. The molecule has 0 N–H and O–H groups in total. The summed E-state index contributed by atoms with van der Waals surface area (Å²) in [5.41, 5.74) is 5.45. The maximum absolute atomic E-state index is 5.91. The number of aryl methyl sites for hydroxylation is 3. The zero-order valence-corrected chi connectivity index (χ0v) is 18.1. The van der Waals surface area contributed by atoms with E-state index in [4.69, 9.17) is 4.43 Å². The Morgan fingerprint density at radius 3 is 2.20 bits per heavy atom. The smallest absolute Gasteiger partial charge is 0.183 e. The first-order valence-electron chi connectivity index (χ1n) is 9.67. The van der Waals surface area contributed by atoms with E-state index in [2.05, 4.69) is 74.7 Å². The van der Waals surface area contributed by atoms with Crippen LogP contribution in [0.25, 0.3) is 0 Å². The molecule has 2 rings (SSSR count). The van der Waals surface area contributed by atoms with Gasteiger partial charge in [-0.15, -0.1) is 0 Å². The largest absolute Gasteiger partial charge is 0.418 e. The number of hydrogen-bond donors (Lipinski definition) is 0. The van der Waals surface area contributed by atoms with Crippen LogP contribution in [0.5, 0.6) is 0 Å². The monoisotopic (exact) mass is 360 g/mol. The minimum Gasteiger partial charge on any atom is -0.418 e. The average molecular weight is 361 g/mol. The molecule has 0 bridgehead atoms. The number of rotatable bonds is 9. The molecular weight excluding hydrogens is 324 g/mol. The first-order valence-corrected chi connectivity index (χ1v) is 13.1. The lowest BCUT2D eigenvalue weighted by Gasteiger charge is -2.24. The molecular formula is C21H36N2OSi. The molecule has 1 aliphatic heterocycles.